The Morgan fingerprint density at radius 3 is 2.40 bits per heavy atom. The highest BCUT2D eigenvalue weighted by molar-refractivity contribution is 6.47. The Balaban J connectivity index is 1.78. The van der Waals surface area contributed by atoms with Crippen LogP contribution in [0.5, 0.6) is 0 Å². The minimum absolute atomic E-state index is 0.126. The van der Waals surface area contributed by atoms with Crippen molar-refractivity contribution in [2.24, 2.45) is 16.7 Å². The number of hydrogen-bond donors (Lipinski definition) is 2. The number of nitrogens with one attached hydrogen (secondary N) is 2. The fourth-order valence-corrected chi connectivity index (χ4v) is 4.54. The van der Waals surface area contributed by atoms with Crippen molar-refractivity contribution in [1.29, 1.82) is 0 Å². The smallest absolute Gasteiger partial charge is 0.271 e. The van der Waals surface area contributed by atoms with Crippen molar-refractivity contribution >= 4 is 46.6 Å². The first-order valence-corrected chi connectivity index (χ1v) is 8.53. The summed E-state index contributed by atoms with van der Waals surface area (Å²) in [4.78, 5) is 49.4. The molecule has 1 aromatic carbocycles. The summed E-state index contributed by atoms with van der Waals surface area (Å²) in [5.74, 6) is -2.94. The van der Waals surface area contributed by atoms with Crippen LogP contribution in [0, 0.1) is 16.7 Å². The minimum atomic E-state index is -1.44. The van der Waals surface area contributed by atoms with Crippen LogP contribution in [0.1, 0.15) is 37.0 Å². The Labute approximate surface area is 154 Å². The number of hydrazine groups is 1. The molecule has 2 saturated carbocycles. The first-order chi connectivity index (χ1) is 11.6. The third-order valence-corrected chi connectivity index (χ3v) is 6.11. The van der Waals surface area contributed by atoms with E-state index in [1.54, 1.807) is 13.8 Å². The third kappa shape index (κ3) is 2.39. The molecular formula is C17H16Cl2N2O4. The average Bonchev–Trinajstić information content (AvgIpc) is 2.88. The summed E-state index contributed by atoms with van der Waals surface area (Å²) < 4.78 is 0. The molecule has 132 valence electrons. The number of carbonyl (C=O) groups excluding carboxylic acids is 4. The zero-order valence-electron chi connectivity index (χ0n) is 13.6. The lowest BCUT2D eigenvalue weighted by molar-refractivity contribution is -0.149. The van der Waals surface area contributed by atoms with Crippen LogP contribution in [0.25, 0.3) is 0 Å². The first-order valence-electron chi connectivity index (χ1n) is 7.77. The van der Waals surface area contributed by atoms with Crippen molar-refractivity contribution in [2.75, 3.05) is 0 Å². The fourth-order valence-electron chi connectivity index (χ4n) is 4.05. The third-order valence-electron chi connectivity index (χ3n) is 5.56. The molecule has 8 heteroatoms. The van der Waals surface area contributed by atoms with E-state index in [2.05, 4.69) is 10.9 Å². The molecule has 0 heterocycles. The maximum absolute atomic E-state index is 12.7. The number of ketones is 2. The monoisotopic (exact) mass is 382 g/mol. The number of hydrogen-bond acceptors (Lipinski definition) is 4. The van der Waals surface area contributed by atoms with Gasteiger partial charge in [0.1, 0.15) is 5.41 Å². The predicted octanol–water partition coefficient (Wildman–Crippen LogP) is 2.33. The van der Waals surface area contributed by atoms with E-state index in [1.807, 2.05) is 0 Å². The molecule has 2 fully saturated rings. The Morgan fingerprint density at radius 2 is 1.84 bits per heavy atom. The van der Waals surface area contributed by atoms with E-state index in [0.29, 0.717) is 17.9 Å². The maximum atomic E-state index is 12.7. The van der Waals surface area contributed by atoms with E-state index in [0.717, 1.165) is 0 Å². The second-order valence-electron chi connectivity index (χ2n) is 6.94. The lowest BCUT2D eigenvalue weighted by atomic mass is 9.68. The van der Waals surface area contributed by atoms with Gasteiger partial charge in [0.15, 0.2) is 0 Å². The van der Waals surface area contributed by atoms with Crippen molar-refractivity contribution in [3.63, 3.8) is 0 Å². The van der Waals surface area contributed by atoms with Gasteiger partial charge in [-0.2, -0.15) is 0 Å². The summed E-state index contributed by atoms with van der Waals surface area (Å²) in [5.41, 5.74) is 2.45. The summed E-state index contributed by atoms with van der Waals surface area (Å²) in [5, 5.41) is 0.504. The molecule has 2 aliphatic carbocycles. The van der Waals surface area contributed by atoms with Gasteiger partial charge in [-0.1, -0.05) is 37.0 Å². The second kappa shape index (κ2) is 5.81. The largest absolute Gasteiger partial charge is 0.291 e. The number of halogens is 2. The molecule has 2 atom stereocenters. The zero-order chi connectivity index (χ0) is 18.6. The normalized spacial score (nSPS) is 26.6. The molecule has 0 aliphatic heterocycles. The number of Topliss-reactive ketones (excluding diaryl/α,β-unsaturated/α-hetero) is 2. The molecule has 2 N–H and O–H groups in total. The van der Waals surface area contributed by atoms with Crippen LogP contribution in [-0.4, -0.2) is 23.4 Å². The average molecular weight is 383 g/mol. The van der Waals surface area contributed by atoms with E-state index in [4.69, 9.17) is 23.2 Å². The number of fused-ring (bicyclic) bond motifs is 2. The van der Waals surface area contributed by atoms with Gasteiger partial charge in [0.05, 0.1) is 10.6 Å². The van der Waals surface area contributed by atoms with Gasteiger partial charge in [-0.3, -0.25) is 30.0 Å². The van der Waals surface area contributed by atoms with E-state index < -0.39 is 40.1 Å². The molecule has 0 radical (unpaired) electrons. The van der Waals surface area contributed by atoms with Gasteiger partial charge in [0.2, 0.25) is 11.6 Å². The van der Waals surface area contributed by atoms with E-state index in [9.17, 15) is 19.2 Å². The summed E-state index contributed by atoms with van der Waals surface area (Å²) >= 11 is 11.7. The lowest BCUT2D eigenvalue weighted by Crippen LogP contribution is -2.55. The number of rotatable bonds is 2. The summed E-state index contributed by atoms with van der Waals surface area (Å²) in [7, 11) is 0. The van der Waals surface area contributed by atoms with E-state index >= 15 is 0 Å². The van der Waals surface area contributed by atoms with Crippen molar-refractivity contribution in [2.45, 2.75) is 26.7 Å². The number of carbonyl (C=O) groups is 4. The van der Waals surface area contributed by atoms with Gasteiger partial charge in [0, 0.05) is 10.9 Å². The Bertz CT molecular complexity index is 821. The highest BCUT2D eigenvalue weighted by atomic mass is 35.5. The predicted molar refractivity (Wildman–Crippen MR) is 91.0 cm³/mol. The van der Waals surface area contributed by atoms with Gasteiger partial charge in [-0.05, 0) is 36.5 Å². The van der Waals surface area contributed by atoms with Crippen LogP contribution in [0.2, 0.25) is 10.0 Å². The van der Waals surface area contributed by atoms with Crippen LogP contribution in [0.4, 0.5) is 0 Å². The molecule has 0 spiro atoms. The Kier molecular flexibility index (Phi) is 4.16. The van der Waals surface area contributed by atoms with Crippen molar-refractivity contribution in [3.05, 3.63) is 33.8 Å². The lowest BCUT2D eigenvalue weighted by Gasteiger charge is -2.33. The van der Waals surface area contributed by atoms with Crippen LogP contribution in [-0.2, 0) is 14.4 Å². The van der Waals surface area contributed by atoms with Gasteiger partial charge in [-0.25, -0.2) is 0 Å². The van der Waals surface area contributed by atoms with Crippen LogP contribution in [0.15, 0.2) is 18.2 Å². The second-order valence-corrected chi connectivity index (χ2v) is 7.79. The van der Waals surface area contributed by atoms with Gasteiger partial charge in [-0.15, -0.1) is 0 Å². The highest BCUT2D eigenvalue weighted by Crippen LogP contribution is 2.62. The molecule has 1 aromatic rings. The molecule has 2 aliphatic rings. The first kappa shape index (κ1) is 17.9. The zero-order valence-corrected chi connectivity index (χ0v) is 15.1. The fraction of sp³-hybridized carbons (Fsp3) is 0.412. The molecule has 2 unspecified atom stereocenters. The Hall–Kier alpha value is -1.92. The molecule has 3 rings (SSSR count). The van der Waals surface area contributed by atoms with Gasteiger partial charge >= 0.3 is 0 Å². The standard InChI is InChI=1S/C17H16Cl2N2O4/c1-16(2)10-5-6-17(16,13(23)12(10)22)15(25)21-20-14(24)9-4-3-8(18)7-11(9)19/h3-4,7,10H,5-6H2,1-2H3,(H,20,24)(H,21,25). The van der Waals surface area contributed by atoms with E-state index in [-0.39, 0.29) is 10.6 Å². The summed E-state index contributed by atoms with van der Waals surface area (Å²) in [6, 6.07) is 4.32. The SMILES string of the molecule is CC1(C)C2CCC1(C(=O)NNC(=O)c1ccc(Cl)cc1Cl)C(=O)C2=O. The van der Waals surface area contributed by atoms with Crippen molar-refractivity contribution in [3.8, 4) is 0 Å². The van der Waals surface area contributed by atoms with Crippen molar-refractivity contribution in [1.82, 2.24) is 10.9 Å². The number of benzene rings is 1. The molecule has 2 amide bonds. The summed E-state index contributed by atoms with van der Waals surface area (Å²) in [6.07, 6.45) is 0.778. The van der Waals surface area contributed by atoms with Crippen molar-refractivity contribution < 1.29 is 19.2 Å². The molecule has 6 nitrogen and oxygen atoms in total. The summed E-state index contributed by atoms with van der Waals surface area (Å²) in [6.45, 7) is 3.48. The van der Waals surface area contributed by atoms with Gasteiger partial charge < -0.3 is 0 Å². The quantitative estimate of drug-likeness (QED) is 0.466. The van der Waals surface area contributed by atoms with Crippen LogP contribution in [0.3, 0.4) is 0 Å². The minimum Gasteiger partial charge on any atom is -0.291 e. The molecule has 25 heavy (non-hydrogen) atoms. The Morgan fingerprint density at radius 1 is 1.16 bits per heavy atom. The molecule has 0 saturated heterocycles. The van der Waals surface area contributed by atoms with Gasteiger partial charge in [0.25, 0.3) is 11.8 Å². The van der Waals surface area contributed by atoms with E-state index in [1.165, 1.54) is 18.2 Å². The highest BCUT2D eigenvalue weighted by Gasteiger charge is 2.72. The topological polar surface area (TPSA) is 92.3 Å². The molecule has 2 bridgehead atoms. The number of amides is 2. The van der Waals surface area contributed by atoms with Crippen LogP contribution < -0.4 is 10.9 Å². The maximum Gasteiger partial charge on any atom is 0.271 e. The molecule has 0 aromatic heterocycles. The van der Waals surface area contributed by atoms with Crippen LogP contribution >= 0.6 is 23.2 Å². The molecular weight excluding hydrogens is 367 g/mol.